The van der Waals surface area contributed by atoms with Crippen LogP contribution in [0.5, 0.6) is 17.2 Å². The average molecular weight is 256 g/mol. The number of hydrogen-bond acceptors (Lipinski definition) is 3. The van der Waals surface area contributed by atoms with Crippen LogP contribution in [0.2, 0.25) is 0 Å². The second-order valence-corrected chi connectivity index (χ2v) is 4.35. The molecule has 0 bridgehead atoms. The molecule has 0 heterocycles. The Labute approximate surface area is 112 Å². The normalized spacial score (nSPS) is 11.5. The fourth-order valence-corrected chi connectivity index (χ4v) is 1.94. The molecule has 0 amide bonds. The summed E-state index contributed by atoms with van der Waals surface area (Å²) in [5.74, 6) is 0.310. The van der Waals surface area contributed by atoms with Crippen LogP contribution in [-0.4, -0.2) is 15.3 Å². The Morgan fingerprint density at radius 2 is 1.47 bits per heavy atom. The summed E-state index contributed by atoms with van der Waals surface area (Å²) in [6.07, 6.45) is 2.73. The van der Waals surface area contributed by atoms with E-state index in [9.17, 15) is 15.3 Å². The molecule has 2 rings (SSSR count). The van der Waals surface area contributed by atoms with E-state index in [2.05, 4.69) is 0 Å². The van der Waals surface area contributed by atoms with Crippen LogP contribution in [0.1, 0.15) is 24.5 Å². The largest absolute Gasteiger partial charge is 0.508 e. The van der Waals surface area contributed by atoms with Crippen LogP contribution >= 0.6 is 0 Å². The lowest BCUT2D eigenvalue weighted by molar-refractivity contribution is 0.450. The van der Waals surface area contributed by atoms with Gasteiger partial charge in [0.25, 0.3) is 0 Å². The highest BCUT2D eigenvalue weighted by molar-refractivity contribution is 5.82. The van der Waals surface area contributed by atoms with Crippen LogP contribution < -0.4 is 0 Å². The summed E-state index contributed by atoms with van der Waals surface area (Å²) >= 11 is 0. The van der Waals surface area contributed by atoms with E-state index in [1.54, 1.807) is 24.3 Å². The second-order valence-electron chi connectivity index (χ2n) is 4.35. The highest BCUT2D eigenvalue weighted by Crippen LogP contribution is 2.28. The molecule has 2 aromatic rings. The minimum Gasteiger partial charge on any atom is -0.508 e. The van der Waals surface area contributed by atoms with E-state index >= 15 is 0 Å². The minimum absolute atomic E-state index is 0.0417. The van der Waals surface area contributed by atoms with E-state index < -0.39 is 0 Å². The van der Waals surface area contributed by atoms with Gasteiger partial charge in [0, 0.05) is 6.07 Å². The van der Waals surface area contributed by atoms with Crippen LogP contribution in [0.25, 0.3) is 11.6 Å². The van der Waals surface area contributed by atoms with E-state index in [0.717, 1.165) is 23.1 Å². The van der Waals surface area contributed by atoms with Crippen LogP contribution in [0.4, 0.5) is 0 Å². The zero-order valence-electron chi connectivity index (χ0n) is 10.7. The molecule has 98 valence electrons. The van der Waals surface area contributed by atoms with Crippen molar-refractivity contribution in [3.05, 3.63) is 53.6 Å². The zero-order chi connectivity index (χ0) is 13.8. The van der Waals surface area contributed by atoms with Crippen molar-refractivity contribution in [1.29, 1.82) is 0 Å². The summed E-state index contributed by atoms with van der Waals surface area (Å²) in [4.78, 5) is 0. The molecule has 19 heavy (non-hydrogen) atoms. The summed E-state index contributed by atoms with van der Waals surface area (Å²) in [6.45, 7) is 2.01. The van der Waals surface area contributed by atoms with Crippen molar-refractivity contribution in [2.75, 3.05) is 0 Å². The number of benzene rings is 2. The van der Waals surface area contributed by atoms with Crippen molar-refractivity contribution >= 4 is 11.6 Å². The predicted octanol–water partition coefficient (Wildman–Crippen LogP) is 3.75. The Balaban J connectivity index is 2.41. The molecule has 0 aromatic heterocycles. The molecule has 0 atom stereocenters. The maximum absolute atomic E-state index is 9.52. The molecule has 3 N–H and O–H groups in total. The maximum Gasteiger partial charge on any atom is 0.119 e. The monoisotopic (exact) mass is 256 g/mol. The molecule has 0 unspecified atom stereocenters. The first-order valence-electron chi connectivity index (χ1n) is 6.11. The van der Waals surface area contributed by atoms with Gasteiger partial charge in [0.2, 0.25) is 0 Å². The molecule has 3 heteroatoms. The highest BCUT2D eigenvalue weighted by atomic mass is 16.3. The second kappa shape index (κ2) is 5.48. The predicted molar refractivity (Wildman–Crippen MR) is 76.0 cm³/mol. The van der Waals surface area contributed by atoms with Crippen molar-refractivity contribution in [2.24, 2.45) is 0 Å². The van der Waals surface area contributed by atoms with E-state index in [1.165, 1.54) is 6.07 Å². The summed E-state index contributed by atoms with van der Waals surface area (Å²) in [5, 5.41) is 28.3. The molecule has 3 nitrogen and oxygen atoms in total. The summed E-state index contributed by atoms with van der Waals surface area (Å²) < 4.78 is 0. The van der Waals surface area contributed by atoms with Gasteiger partial charge in [-0.1, -0.05) is 25.1 Å². The average Bonchev–Trinajstić information content (AvgIpc) is 2.37. The van der Waals surface area contributed by atoms with Crippen LogP contribution in [0.3, 0.4) is 0 Å². The van der Waals surface area contributed by atoms with Crippen LogP contribution in [0, 0.1) is 0 Å². The van der Waals surface area contributed by atoms with E-state index in [0.29, 0.717) is 0 Å². The number of rotatable bonds is 3. The molecule has 0 fully saturated rings. The van der Waals surface area contributed by atoms with Gasteiger partial charge in [0.1, 0.15) is 17.2 Å². The molecule has 0 aliphatic rings. The van der Waals surface area contributed by atoms with Gasteiger partial charge >= 0.3 is 0 Å². The smallest absolute Gasteiger partial charge is 0.119 e. The van der Waals surface area contributed by atoms with Crippen LogP contribution in [-0.2, 0) is 0 Å². The van der Waals surface area contributed by atoms with E-state index in [4.69, 9.17) is 0 Å². The Morgan fingerprint density at radius 3 is 2.00 bits per heavy atom. The lowest BCUT2D eigenvalue weighted by atomic mass is 10.00. The minimum atomic E-state index is 0.0417. The zero-order valence-corrected chi connectivity index (χ0v) is 10.7. The number of aromatic hydroxyl groups is 3. The molecule has 0 saturated heterocycles. The first kappa shape index (κ1) is 13.0. The molecular weight excluding hydrogens is 240 g/mol. The lowest BCUT2D eigenvalue weighted by Gasteiger charge is -2.07. The fraction of sp³-hybridized carbons (Fsp3) is 0.125. The number of allylic oxidation sites excluding steroid dienone is 1. The van der Waals surface area contributed by atoms with Gasteiger partial charge in [-0.05, 0) is 47.4 Å². The van der Waals surface area contributed by atoms with Gasteiger partial charge in [-0.2, -0.15) is 0 Å². The van der Waals surface area contributed by atoms with Gasteiger partial charge in [-0.3, -0.25) is 0 Å². The summed E-state index contributed by atoms with van der Waals surface area (Å²) in [5.41, 5.74) is 2.74. The van der Waals surface area contributed by atoms with Crippen molar-refractivity contribution in [3.8, 4) is 17.2 Å². The van der Waals surface area contributed by atoms with Gasteiger partial charge in [-0.15, -0.1) is 0 Å². The molecule has 0 radical (unpaired) electrons. The van der Waals surface area contributed by atoms with E-state index in [1.807, 2.05) is 25.1 Å². The van der Waals surface area contributed by atoms with E-state index in [-0.39, 0.29) is 17.2 Å². The van der Waals surface area contributed by atoms with Crippen molar-refractivity contribution in [3.63, 3.8) is 0 Å². The van der Waals surface area contributed by atoms with Gasteiger partial charge in [0.05, 0.1) is 0 Å². The third-order valence-corrected chi connectivity index (χ3v) is 2.89. The summed E-state index contributed by atoms with van der Waals surface area (Å²) in [7, 11) is 0. The van der Waals surface area contributed by atoms with Crippen molar-refractivity contribution in [2.45, 2.75) is 13.3 Å². The van der Waals surface area contributed by atoms with Crippen molar-refractivity contribution in [1.82, 2.24) is 0 Å². The van der Waals surface area contributed by atoms with Gasteiger partial charge in [0.15, 0.2) is 0 Å². The van der Waals surface area contributed by atoms with Crippen LogP contribution in [0.15, 0.2) is 42.5 Å². The molecule has 0 aliphatic carbocycles. The number of hydrogen-bond donors (Lipinski definition) is 3. The maximum atomic E-state index is 9.52. The first-order valence-corrected chi connectivity index (χ1v) is 6.11. The highest BCUT2D eigenvalue weighted by Gasteiger charge is 2.04. The number of phenols is 3. The molecule has 0 spiro atoms. The first-order chi connectivity index (χ1) is 9.08. The SMILES string of the molecule is CCC(=Cc1ccc(O)cc1)c1cc(O)cc(O)c1. The molecular formula is C16H16O3. The lowest BCUT2D eigenvalue weighted by Crippen LogP contribution is -1.84. The number of phenolic OH excluding ortho intramolecular Hbond substituents is 3. The van der Waals surface area contributed by atoms with Gasteiger partial charge in [-0.25, -0.2) is 0 Å². The Morgan fingerprint density at radius 1 is 0.895 bits per heavy atom. The van der Waals surface area contributed by atoms with Gasteiger partial charge < -0.3 is 15.3 Å². The Bertz CT molecular complexity index is 578. The standard InChI is InChI=1S/C16H16O3/c1-2-12(7-11-3-5-14(17)6-4-11)13-8-15(18)10-16(19)9-13/h3-10,17-19H,2H2,1H3. The third kappa shape index (κ3) is 3.28. The fourth-order valence-electron chi connectivity index (χ4n) is 1.94. The molecule has 2 aromatic carbocycles. The topological polar surface area (TPSA) is 60.7 Å². The van der Waals surface area contributed by atoms with Crippen molar-refractivity contribution < 1.29 is 15.3 Å². The molecule has 0 aliphatic heterocycles. The quantitative estimate of drug-likeness (QED) is 0.733. The Hall–Kier alpha value is -2.42. The third-order valence-electron chi connectivity index (χ3n) is 2.89. The Kier molecular flexibility index (Phi) is 3.76. The molecule has 0 saturated carbocycles. The summed E-state index contributed by atoms with van der Waals surface area (Å²) in [6, 6.07) is 11.4.